The molecule has 13 N–H and O–H groups in total. The van der Waals surface area contributed by atoms with Gasteiger partial charge in [0, 0.05) is 19.3 Å². The lowest BCUT2D eigenvalue weighted by atomic mass is 10.0. The van der Waals surface area contributed by atoms with Crippen LogP contribution in [0.15, 0.2) is 0 Å². The second kappa shape index (κ2) is 21.4. The van der Waals surface area contributed by atoms with Crippen molar-refractivity contribution in [2.45, 2.75) is 95.0 Å². The van der Waals surface area contributed by atoms with E-state index >= 15 is 0 Å². The SMILES string of the molecule is CC(C)[C@H](NC(=O)[C@@H]1CCC(=O)N1)C(=O)NCC(=O)N[C@@H](CCC(=O)O)C(=O)N[C@@H](CO)C(=O)N[C@@H](CCC(=O)O)C(=O)N[C@@H](CC(N)=O)C(=O)O. The highest BCUT2D eigenvalue weighted by atomic mass is 16.4. The Kier molecular flexibility index (Phi) is 18.1. The van der Waals surface area contributed by atoms with E-state index in [1.165, 1.54) is 0 Å². The van der Waals surface area contributed by atoms with Crippen LogP contribution in [0.2, 0.25) is 0 Å². The number of amides is 8. The normalized spacial score (nSPS) is 16.5. The minimum atomic E-state index is -1.88. The average molecular weight is 745 g/mol. The van der Waals surface area contributed by atoms with E-state index < -0.39 is 147 Å². The molecule has 1 rings (SSSR count). The molecule has 1 aliphatic rings. The summed E-state index contributed by atoms with van der Waals surface area (Å²) in [4.78, 5) is 133. The number of carbonyl (C=O) groups excluding carboxylic acids is 8. The molecule has 0 aromatic heterocycles. The lowest BCUT2D eigenvalue weighted by Crippen LogP contribution is -2.59. The molecule has 6 atom stereocenters. The van der Waals surface area contributed by atoms with Crippen LogP contribution in [0.25, 0.3) is 0 Å². The van der Waals surface area contributed by atoms with E-state index in [4.69, 9.17) is 15.9 Å². The first-order valence-corrected chi connectivity index (χ1v) is 15.9. The monoisotopic (exact) mass is 744 g/mol. The molecule has 0 radical (unpaired) electrons. The van der Waals surface area contributed by atoms with Gasteiger partial charge < -0.3 is 63.4 Å². The summed E-state index contributed by atoms with van der Waals surface area (Å²) in [5, 5.41) is 52.7. The van der Waals surface area contributed by atoms with Crippen LogP contribution in [0.1, 0.15) is 58.8 Å². The zero-order valence-corrected chi connectivity index (χ0v) is 28.3. The Morgan fingerprint density at radius 2 is 1.25 bits per heavy atom. The van der Waals surface area contributed by atoms with Crippen LogP contribution in [-0.4, -0.2) is 135 Å². The fourth-order valence-electron chi connectivity index (χ4n) is 4.61. The van der Waals surface area contributed by atoms with Crippen LogP contribution in [0.4, 0.5) is 0 Å². The summed E-state index contributed by atoms with van der Waals surface area (Å²) in [6.07, 6.45) is -3.03. The lowest BCUT2D eigenvalue weighted by molar-refractivity contribution is -0.144. The molecule has 1 heterocycles. The Labute approximate surface area is 295 Å². The highest BCUT2D eigenvalue weighted by Gasteiger charge is 2.34. The molecule has 290 valence electrons. The van der Waals surface area contributed by atoms with E-state index in [1.54, 1.807) is 13.8 Å². The Balaban J connectivity index is 2.99. The number of aliphatic hydroxyl groups is 1. The molecule has 23 nitrogen and oxygen atoms in total. The predicted octanol–water partition coefficient (Wildman–Crippen LogP) is -5.86. The van der Waals surface area contributed by atoms with Gasteiger partial charge in [-0.1, -0.05) is 13.8 Å². The van der Waals surface area contributed by atoms with E-state index in [2.05, 4.69) is 31.9 Å². The van der Waals surface area contributed by atoms with Crippen molar-refractivity contribution in [2.24, 2.45) is 11.7 Å². The zero-order valence-electron chi connectivity index (χ0n) is 28.3. The number of aliphatic carboxylic acids is 3. The van der Waals surface area contributed by atoms with Gasteiger partial charge in [0.25, 0.3) is 0 Å². The molecule has 0 spiro atoms. The van der Waals surface area contributed by atoms with Crippen LogP contribution in [0.3, 0.4) is 0 Å². The highest BCUT2D eigenvalue weighted by Crippen LogP contribution is 2.09. The molecule has 1 saturated heterocycles. The van der Waals surface area contributed by atoms with Gasteiger partial charge in [-0.15, -0.1) is 0 Å². The number of nitrogens with two attached hydrogens (primary N) is 1. The third-order valence-corrected chi connectivity index (χ3v) is 7.40. The average Bonchev–Trinajstić information content (AvgIpc) is 3.49. The molecule has 0 aromatic carbocycles. The highest BCUT2D eigenvalue weighted by molar-refractivity contribution is 5.97. The third kappa shape index (κ3) is 15.8. The van der Waals surface area contributed by atoms with Gasteiger partial charge in [0.1, 0.15) is 36.3 Å². The van der Waals surface area contributed by atoms with Gasteiger partial charge in [0.05, 0.1) is 19.6 Å². The van der Waals surface area contributed by atoms with Gasteiger partial charge >= 0.3 is 17.9 Å². The third-order valence-electron chi connectivity index (χ3n) is 7.40. The second-order valence-electron chi connectivity index (χ2n) is 12.0. The van der Waals surface area contributed by atoms with Crippen LogP contribution in [-0.2, 0) is 52.7 Å². The maximum atomic E-state index is 13.1. The summed E-state index contributed by atoms with van der Waals surface area (Å²) in [5.74, 6) is -12.5. The summed E-state index contributed by atoms with van der Waals surface area (Å²) in [6, 6.07) is -9.11. The first-order chi connectivity index (χ1) is 24.2. The summed E-state index contributed by atoms with van der Waals surface area (Å²) >= 11 is 0. The molecular weight excluding hydrogens is 700 g/mol. The molecule has 0 unspecified atom stereocenters. The van der Waals surface area contributed by atoms with Crippen molar-refractivity contribution >= 4 is 65.2 Å². The molecule has 0 bridgehead atoms. The largest absolute Gasteiger partial charge is 0.481 e. The standard InChI is InChI=1S/C29H44N8O15/c1-12(2)23(37-26(48)13-3-6-19(40)32-13)28(50)31-10-20(41)33-14(4-7-21(42)43)24(46)36-17(11-38)27(49)34-15(5-8-22(44)45)25(47)35-16(29(51)52)9-18(30)39/h12-17,23,38H,3-11H2,1-2H3,(H2,30,39)(H,31,50)(H,32,40)(H,33,41)(H,34,49)(H,35,47)(H,36,46)(H,37,48)(H,42,43)(H,44,45)(H,51,52)/t13-,14-,15-,16-,17-,23-/m0/s1. The molecule has 1 aliphatic heterocycles. The van der Waals surface area contributed by atoms with Crippen molar-refractivity contribution in [3.8, 4) is 0 Å². The summed E-state index contributed by atoms with van der Waals surface area (Å²) in [5.41, 5.74) is 4.98. The van der Waals surface area contributed by atoms with E-state index in [0.29, 0.717) is 0 Å². The summed E-state index contributed by atoms with van der Waals surface area (Å²) in [7, 11) is 0. The number of rotatable bonds is 23. The van der Waals surface area contributed by atoms with Gasteiger partial charge in [0.15, 0.2) is 0 Å². The fraction of sp³-hybridized carbons (Fsp3) is 0.621. The number of primary amides is 1. The number of carboxylic acids is 3. The fourth-order valence-corrected chi connectivity index (χ4v) is 4.61. The van der Waals surface area contributed by atoms with Crippen LogP contribution >= 0.6 is 0 Å². The minimum absolute atomic E-state index is 0.135. The maximum Gasteiger partial charge on any atom is 0.326 e. The second-order valence-corrected chi connectivity index (χ2v) is 12.0. The smallest absolute Gasteiger partial charge is 0.326 e. The Hall–Kier alpha value is -5.87. The van der Waals surface area contributed by atoms with E-state index in [0.717, 1.165) is 0 Å². The van der Waals surface area contributed by atoms with Crippen LogP contribution in [0, 0.1) is 5.92 Å². The predicted molar refractivity (Wildman–Crippen MR) is 171 cm³/mol. The minimum Gasteiger partial charge on any atom is -0.481 e. The molecule has 8 amide bonds. The number of nitrogens with one attached hydrogen (secondary N) is 7. The molecule has 23 heteroatoms. The Morgan fingerprint density at radius 1 is 0.750 bits per heavy atom. The van der Waals surface area contributed by atoms with Gasteiger partial charge in [-0.25, -0.2) is 4.79 Å². The Bertz CT molecular complexity index is 1400. The summed E-state index contributed by atoms with van der Waals surface area (Å²) < 4.78 is 0. The molecule has 0 aliphatic carbocycles. The summed E-state index contributed by atoms with van der Waals surface area (Å²) in [6.45, 7) is 1.32. The van der Waals surface area contributed by atoms with Gasteiger partial charge in [0.2, 0.25) is 47.3 Å². The zero-order chi connectivity index (χ0) is 39.7. The Morgan fingerprint density at radius 3 is 1.69 bits per heavy atom. The van der Waals surface area contributed by atoms with E-state index in [1.807, 2.05) is 5.32 Å². The first kappa shape index (κ1) is 44.2. The maximum absolute atomic E-state index is 13.1. The number of aliphatic hydroxyl groups excluding tert-OH is 1. The van der Waals surface area contributed by atoms with Gasteiger partial charge in [-0.05, 0) is 25.2 Å². The van der Waals surface area contributed by atoms with Gasteiger partial charge in [-0.2, -0.15) is 0 Å². The molecule has 1 fully saturated rings. The molecular formula is C29H44N8O15. The number of hydrogen-bond donors (Lipinski definition) is 12. The van der Waals surface area contributed by atoms with Crippen molar-refractivity contribution in [3.05, 3.63) is 0 Å². The lowest BCUT2D eigenvalue weighted by Gasteiger charge is -2.25. The van der Waals surface area contributed by atoms with Crippen LogP contribution in [0.5, 0.6) is 0 Å². The molecule has 0 aromatic rings. The number of carbonyl (C=O) groups is 11. The first-order valence-electron chi connectivity index (χ1n) is 15.9. The van der Waals surface area contributed by atoms with Gasteiger partial charge in [-0.3, -0.25) is 47.9 Å². The van der Waals surface area contributed by atoms with Crippen molar-refractivity contribution in [2.75, 3.05) is 13.2 Å². The molecule has 52 heavy (non-hydrogen) atoms. The quantitative estimate of drug-likeness (QED) is 0.0463. The van der Waals surface area contributed by atoms with Crippen molar-refractivity contribution < 1.29 is 73.2 Å². The van der Waals surface area contributed by atoms with Crippen molar-refractivity contribution in [1.82, 2.24) is 37.2 Å². The number of hydrogen-bond acceptors (Lipinski definition) is 12. The topological polar surface area (TPSA) is 379 Å². The van der Waals surface area contributed by atoms with Crippen LogP contribution < -0.4 is 43.0 Å². The van der Waals surface area contributed by atoms with E-state index in [9.17, 15) is 63.0 Å². The van der Waals surface area contributed by atoms with Crippen molar-refractivity contribution in [3.63, 3.8) is 0 Å². The van der Waals surface area contributed by atoms with E-state index in [-0.39, 0.29) is 18.7 Å². The van der Waals surface area contributed by atoms with Crippen molar-refractivity contribution in [1.29, 1.82) is 0 Å². The number of carboxylic acid groups (broad SMARTS) is 3. The molecule has 0 saturated carbocycles.